The van der Waals surface area contributed by atoms with Gasteiger partial charge in [0.15, 0.2) is 0 Å². The van der Waals surface area contributed by atoms with Crippen LogP contribution in [-0.2, 0) is 9.59 Å². The highest BCUT2D eigenvalue weighted by molar-refractivity contribution is 5.89. The fourth-order valence-corrected chi connectivity index (χ4v) is 1.98. The molecular formula is C13H14FNO3. The maximum atomic E-state index is 13.5. The Morgan fingerprint density at radius 2 is 2.06 bits per heavy atom. The van der Waals surface area contributed by atoms with Crippen LogP contribution < -0.4 is 5.32 Å². The van der Waals surface area contributed by atoms with Crippen molar-refractivity contribution < 1.29 is 19.1 Å². The molecule has 2 rings (SSSR count). The van der Waals surface area contributed by atoms with E-state index < -0.39 is 23.8 Å². The summed E-state index contributed by atoms with van der Waals surface area (Å²) in [6, 6.07) is 5.73. The number of aliphatic carboxylic acids is 1. The second kappa shape index (κ2) is 4.76. The van der Waals surface area contributed by atoms with Gasteiger partial charge in [-0.15, -0.1) is 0 Å². The molecule has 1 saturated carbocycles. The third kappa shape index (κ3) is 2.50. The van der Waals surface area contributed by atoms with E-state index in [2.05, 4.69) is 5.32 Å². The first-order valence-electron chi connectivity index (χ1n) is 5.78. The summed E-state index contributed by atoms with van der Waals surface area (Å²) < 4.78 is 13.5. The topological polar surface area (TPSA) is 66.4 Å². The molecule has 1 aromatic carbocycles. The Labute approximate surface area is 104 Å². The van der Waals surface area contributed by atoms with Gasteiger partial charge in [0.05, 0.1) is 17.9 Å². The van der Waals surface area contributed by atoms with Gasteiger partial charge in [-0.1, -0.05) is 18.2 Å². The number of carbonyl (C=O) groups excluding carboxylic acids is 1. The van der Waals surface area contributed by atoms with Gasteiger partial charge in [-0.25, -0.2) is 4.39 Å². The first kappa shape index (κ1) is 12.5. The van der Waals surface area contributed by atoms with E-state index in [0.29, 0.717) is 12.0 Å². The number of hydrogen-bond donors (Lipinski definition) is 2. The van der Waals surface area contributed by atoms with E-state index in [1.165, 1.54) is 6.07 Å². The number of benzene rings is 1. The molecule has 0 saturated heterocycles. The van der Waals surface area contributed by atoms with Crippen LogP contribution in [0.1, 0.15) is 24.9 Å². The molecule has 18 heavy (non-hydrogen) atoms. The summed E-state index contributed by atoms with van der Waals surface area (Å²) in [7, 11) is 0. The van der Waals surface area contributed by atoms with E-state index in [4.69, 9.17) is 5.11 Å². The Morgan fingerprint density at radius 1 is 1.39 bits per heavy atom. The highest BCUT2D eigenvalue weighted by atomic mass is 19.1. The third-order valence-corrected chi connectivity index (χ3v) is 3.17. The normalized spacial score (nSPS) is 23.2. The predicted molar refractivity (Wildman–Crippen MR) is 62.2 cm³/mol. The lowest BCUT2D eigenvalue weighted by molar-refractivity contribution is -0.140. The minimum absolute atomic E-state index is 0.321. The number of halogens is 1. The molecule has 96 valence electrons. The van der Waals surface area contributed by atoms with Crippen LogP contribution in [0.4, 0.5) is 4.39 Å². The van der Waals surface area contributed by atoms with E-state index in [9.17, 15) is 14.0 Å². The molecule has 4 nitrogen and oxygen atoms in total. The number of carboxylic acids is 1. The summed E-state index contributed by atoms with van der Waals surface area (Å²) in [6.07, 6.45) is 0.366. The lowest BCUT2D eigenvalue weighted by Crippen LogP contribution is -2.29. The monoisotopic (exact) mass is 251 g/mol. The molecule has 1 aliphatic rings. The van der Waals surface area contributed by atoms with Crippen molar-refractivity contribution in [2.24, 2.45) is 11.8 Å². The van der Waals surface area contributed by atoms with Crippen LogP contribution in [0, 0.1) is 17.7 Å². The van der Waals surface area contributed by atoms with E-state index in [0.717, 1.165) is 0 Å². The largest absolute Gasteiger partial charge is 0.481 e. The Bertz CT molecular complexity index is 489. The van der Waals surface area contributed by atoms with Crippen molar-refractivity contribution in [2.75, 3.05) is 0 Å². The molecule has 0 aliphatic heterocycles. The fourth-order valence-electron chi connectivity index (χ4n) is 1.98. The van der Waals surface area contributed by atoms with Gasteiger partial charge in [0.25, 0.3) is 0 Å². The Balaban J connectivity index is 1.97. The molecule has 0 spiro atoms. The van der Waals surface area contributed by atoms with Crippen molar-refractivity contribution in [3.05, 3.63) is 35.6 Å². The molecule has 1 fully saturated rings. The predicted octanol–water partition coefficient (Wildman–Crippen LogP) is 1.72. The fraction of sp³-hybridized carbons (Fsp3) is 0.385. The number of carbonyl (C=O) groups is 2. The van der Waals surface area contributed by atoms with Gasteiger partial charge in [0.2, 0.25) is 5.91 Å². The van der Waals surface area contributed by atoms with Crippen LogP contribution in [0.25, 0.3) is 0 Å². The number of carboxylic acid groups (broad SMARTS) is 1. The average Bonchev–Trinajstić information content (AvgIpc) is 3.09. The molecule has 3 atom stereocenters. The standard InChI is InChI=1S/C13H14FNO3/c1-7(8-4-2-3-5-11(8)14)15-12(16)9-6-10(9)13(17)18/h2-5,7,9-10H,6H2,1H3,(H,15,16)(H,17,18)/t7-,9?,10?/m0/s1. The Hall–Kier alpha value is -1.91. The Kier molecular flexibility index (Phi) is 3.32. The number of hydrogen-bond acceptors (Lipinski definition) is 2. The first-order chi connectivity index (χ1) is 8.50. The molecule has 1 amide bonds. The average molecular weight is 251 g/mol. The summed E-state index contributed by atoms with van der Waals surface area (Å²) >= 11 is 0. The second-order valence-corrected chi connectivity index (χ2v) is 4.54. The third-order valence-electron chi connectivity index (χ3n) is 3.17. The molecule has 2 unspecified atom stereocenters. The highest BCUT2D eigenvalue weighted by Gasteiger charge is 2.48. The SMILES string of the molecule is C[C@H](NC(=O)C1CC1C(=O)O)c1ccccc1F. The van der Waals surface area contributed by atoms with Gasteiger partial charge in [-0.3, -0.25) is 9.59 Å². The van der Waals surface area contributed by atoms with Crippen molar-refractivity contribution in [1.82, 2.24) is 5.32 Å². The number of amides is 1. The summed E-state index contributed by atoms with van der Waals surface area (Å²) in [5.74, 6) is -2.71. The molecule has 1 aliphatic carbocycles. The number of rotatable bonds is 4. The van der Waals surface area contributed by atoms with Gasteiger partial charge in [0, 0.05) is 5.56 Å². The zero-order valence-electron chi connectivity index (χ0n) is 9.89. The Morgan fingerprint density at radius 3 is 2.61 bits per heavy atom. The highest BCUT2D eigenvalue weighted by Crippen LogP contribution is 2.39. The van der Waals surface area contributed by atoms with Crippen LogP contribution in [0.5, 0.6) is 0 Å². The van der Waals surface area contributed by atoms with Crippen molar-refractivity contribution in [2.45, 2.75) is 19.4 Å². The van der Waals surface area contributed by atoms with Crippen molar-refractivity contribution in [1.29, 1.82) is 0 Å². The molecule has 0 aromatic heterocycles. The second-order valence-electron chi connectivity index (χ2n) is 4.54. The maximum Gasteiger partial charge on any atom is 0.307 e. The minimum Gasteiger partial charge on any atom is -0.481 e. The van der Waals surface area contributed by atoms with E-state index in [-0.39, 0.29) is 11.7 Å². The van der Waals surface area contributed by atoms with Gasteiger partial charge in [-0.05, 0) is 19.4 Å². The van der Waals surface area contributed by atoms with Crippen LogP contribution in [0.15, 0.2) is 24.3 Å². The minimum atomic E-state index is -0.950. The van der Waals surface area contributed by atoms with E-state index in [1.807, 2.05) is 0 Å². The molecular weight excluding hydrogens is 237 g/mol. The van der Waals surface area contributed by atoms with Crippen molar-refractivity contribution in [3.63, 3.8) is 0 Å². The summed E-state index contributed by atoms with van der Waals surface area (Å²) in [5.41, 5.74) is 0.401. The molecule has 0 bridgehead atoms. The van der Waals surface area contributed by atoms with Gasteiger partial charge in [0.1, 0.15) is 5.82 Å². The molecule has 5 heteroatoms. The summed E-state index contributed by atoms with van der Waals surface area (Å²) in [6.45, 7) is 1.68. The van der Waals surface area contributed by atoms with Crippen LogP contribution in [0.3, 0.4) is 0 Å². The zero-order valence-corrected chi connectivity index (χ0v) is 9.89. The first-order valence-corrected chi connectivity index (χ1v) is 5.78. The van der Waals surface area contributed by atoms with Crippen LogP contribution in [-0.4, -0.2) is 17.0 Å². The molecule has 2 N–H and O–H groups in total. The van der Waals surface area contributed by atoms with Crippen molar-refractivity contribution in [3.8, 4) is 0 Å². The summed E-state index contributed by atoms with van der Waals surface area (Å²) in [5, 5.41) is 11.4. The van der Waals surface area contributed by atoms with E-state index in [1.54, 1.807) is 25.1 Å². The molecule has 1 aromatic rings. The summed E-state index contributed by atoms with van der Waals surface area (Å²) in [4.78, 5) is 22.4. The quantitative estimate of drug-likeness (QED) is 0.856. The van der Waals surface area contributed by atoms with Gasteiger partial charge in [-0.2, -0.15) is 0 Å². The maximum absolute atomic E-state index is 13.5. The molecule has 0 radical (unpaired) electrons. The zero-order chi connectivity index (χ0) is 13.3. The van der Waals surface area contributed by atoms with Crippen LogP contribution in [0.2, 0.25) is 0 Å². The van der Waals surface area contributed by atoms with Gasteiger partial charge < -0.3 is 10.4 Å². The van der Waals surface area contributed by atoms with Crippen LogP contribution >= 0.6 is 0 Å². The lowest BCUT2D eigenvalue weighted by atomic mass is 10.1. The number of nitrogens with one attached hydrogen (secondary N) is 1. The van der Waals surface area contributed by atoms with E-state index >= 15 is 0 Å². The van der Waals surface area contributed by atoms with Gasteiger partial charge >= 0.3 is 5.97 Å². The lowest BCUT2D eigenvalue weighted by Gasteiger charge is -2.14. The smallest absolute Gasteiger partial charge is 0.307 e. The molecule has 0 heterocycles. The van der Waals surface area contributed by atoms with Crippen molar-refractivity contribution >= 4 is 11.9 Å².